The zero-order valence-electron chi connectivity index (χ0n) is 21.6. The molecule has 0 bridgehead atoms. The molecule has 1 aromatic carbocycles. The monoisotopic (exact) mass is 504 g/mol. The van der Waals surface area contributed by atoms with Crippen molar-refractivity contribution in [1.82, 2.24) is 15.3 Å². The van der Waals surface area contributed by atoms with Crippen LogP contribution in [0.15, 0.2) is 65.9 Å². The quantitative estimate of drug-likeness (QED) is 0.476. The maximum absolute atomic E-state index is 14.1. The summed E-state index contributed by atoms with van der Waals surface area (Å²) in [7, 11) is 1.31. The maximum atomic E-state index is 14.1. The van der Waals surface area contributed by atoms with E-state index in [1.165, 1.54) is 24.5 Å². The summed E-state index contributed by atoms with van der Waals surface area (Å²) >= 11 is 0. The molecule has 1 atom stereocenters. The summed E-state index contributed by atoms with van der Waals surface area (Å²) in [6.45, 7) is 6.29. The number of methoxy groups -OCH3 is 1. The summed E-state index contributed by atoms with van der Waals surface area (Å²) in [5, 5.41) is 2.95. The fourth-order valence-corrected chi connectivity index (χ4v) is 4.76. The third-order valence-electron chi connectivity index (χ3n) is 6.78. The van der Waals surface area contributed by atoms with Gasteiger partial charge in [-0.3, -0.25) is 19.5 Å². The van der Waals surface area contributed by atoms with Crippen LogP contribution in [0.2, 0.25) is 0 Å². The lowest BCUT2D eigenvalue weighted by atomic mass is 9.87. The van der Waals surface area contributed by atoms with Crippen LogP contribution in [0, 0.1) is 0 Å². The van der Waals surface area contributed by atoms with E-state index in [0.29, 0.717) is 24.1 Å². The highest BCUT2D eigenvalue weighted by molar-refractivity contribution is 6.09. The molecule has 37 heavy (non-hydrogen) atoms. The molecule has 1 aliphatic carbocycles. The smallest absolute Gasteiger partial charge is 0.331 e. The molecule has 194 valence electrons. The molecule has 1 unspecified atom stereocenters. The minimum atomic E-state index is -1.15. The van der Waals surface area contributed by atoms with Gasteiger partial charge in [-0.1, -0.05) is 51.8 Å². The van der Waals surface area contributed by atoms with Gasteiger partial charge < -0.3 is 14.5 Å². The van der Waals surface area contributed by atoms with Crippen molar-refractivity contribution in [2.24, 2.45) is 0 Å². The fraction of sp³-hybridized carbons (Fsp3) is 0.393. The maximum Gasteiger partial charge on any atom is 0.331 e. The lowest BCUT2D eigenvalue weighted by molar-refractivity contribution is -0.151. The van der Waals surface area contributed by atoms with Crippen LogP contribution in [0.1, 0.15) is 74.1 Å². The van der Waals surface area contributed by atoms with E-state index in [2.05, 4.69) is 36.1 Å². The van der Waals surface area contributed by atoms with E-state index in [1.54, 1.807) is 30.5 Å². The summed E-state index contributed by atoms with van der Waals surface area (Å²) in [6.07, 6.45) is 8.02. The average Bonchev–Trinajstić information content (AvgIpc) is 3.60. The summed E-state index contributed by atoms with van der Waals surface area (Å²) in [6, 6.07) is 9.77. The molecule has 2 amide bonds. The molecule has 2 heterocycles. The number of pyridine rings is 1. The first-order chi connectivity index (χ1) is 17.7. The van der Waals surface area contributed by atoms with Crippen LogP contribution in [0.5, 0.6) is 0 Å². The van der Waals surface area contributed by atoms with Crippen molar-refractivity contribution in [3.05, 3.63) is 78.3 Å². The number of oxazole rings is 1. The van der Waals surface area contributed by atoms with E-state index in [1.807, 2.05) is 12.1 Å². The average molecular weight is 505 g/mol. The molecular weight excluding hydrogens is 472 g/mol. The number of esters is 1. The third kappa shape index (κ3) is 5.40. The molecule has 1 saturated carbocycles. The molecular formula is C28H32N4O5. The summed E-state index contributed by atoms with van der Waals surface area (Å²) < 4.78 is 10.1. The molecule has 3 aromatic rings. The SMILES string of the molecule is COC(=O)C1(NC(=O)C(c2cccnc2)N(C(=O)c2cocn2)c2ccc(C(C)(C)C)cc2)CCCC1. The van der Waals surface area contributed by atoms with Crippen LogP contribution in [-0.2, 0) is 19.7 Å². The minimum absolute atomic E-state index is 0.0464. The second-order valence-electron chi connectivity index (χ2n) is 10.3. The third-order valence-corrected chi connectivity index (χ3v) is 6.78. The van der Waals surface area contributed by atoms with Crippen LogP contribution in [0.4, 0.5) is 5.69 Å². The number of nitrogens with one attached hydrogen (secondary N) is 1. The van der Waals surface area contributed by atoms with Crippen molar-refractivity contribution < 1.29 is 23.5 Å². The number of ether oxygens (including phenoxy) is 1. The fourth-order valence-electron chi connectivity index (χ4n) is 4.76. The lowest BCUT2D eigenvalue weighted by Gasteiger charge is -2.34. The Kier molecular flexibility index (Phi) is 7.42. The number of hydrogen-bond acceptors (Lipinski definition) is 7. The van der Waals surface area contributed by atoms with E-state index in [0.717, 1.165) is 24.8 Å². The largest absolute Gasteiger partial charge is 0.467 e. The topological polar surface area (TPSA) is 115 Å². The van der Waals surface area contributed by atoms with E-state index in [-0.39, 0.29) is 11.1 Å². The van der Waals surface area contributed by atoms with Gasteiger partial charge in [0.05, 0.1) is 7.11 Å². The Morgan fingerprint density at radius 3 is 2.35 bits per heavy atom. The second-order valence-corrected chi connectivity index (χ2v) is 10.3. The number of rotatable bonds is 7. The second kappa shape index (κ2) is 10.5. The lowest BCUT2D eigenvalue weighted by Crippen LogP contribution is -2.56. The Bertz CT molecular complexity index is 1230. The van der Waals surface area contributed by atoms with Crippen molar-refractivity contribution >= 4 is 23.5 Å². The Morgan fingerprint density at radius 1 is 1.11 bits per heavy atom. The van der Waals surface area contributed by atoms with Crippen molar-refractivity contribution in [1.29, 1.82) is 0 Å². The Morgan fingerprint density at radius 2 is 1.81 bits per heavy atom. The Balaban J connectivity index is 1.83. The van der Waals surface area contributed by atoms with E-state index in [4.69, 9.17) is 9.15 Å². The highest BCUT2D eigenvalue weighted by Crippen LogP contribution is 2.35. The van der Waals surface area contributed by atoms with E-state index < -0.39 is 29.4 Å². The summed E-state index contributed by atoms with van der Waals surface area (Å²) in [5.41, 5.74) is 0.839. The number of aromatic nitrogens is 2. The number of amides is 2. The van der Waals surface area contributed by atoms with Crippen LogP contribution < -0.4 is 10.2 Å². The van der Waals surface area contributed by atoms with Gasteiger partial charge in [-0.05, 0) is 42.0 Å². The van der Waals surface area contributed by atoms with Gasteiger partial charge in [-0.15, -0.1) is 0 Å². The molecule has 1 N–H and O–H groups in total. The molecule has 1 aliphatic rings. The molecule has 1 fully saturated rings. The van der Waals surface area contributed by atoms with Crippen molar-refractivity contribution in [2.45, 2.75) is 63.5 Å². The first kappa shape index (κ1) is 26.1. The van der Waals surface area contributed by atoms with Crippen LogP contribution in [0.25, 0.3) is 0 Å². The van der Waals surface area contributed by atoms with Crippen LogP contribution in [0.3, 0.4) is 0 Å². The van der Waals surface area contributed by atoms with Gasteiger partial charge in [-0.2, -0.15) is 0 Å². The Hall–Kier alpha value is -4.01. The number of nitrogens with zero attached hydrogens (tertiary/aromatic N) is 3. The normalized spacial score (nSPS) is 15.6. The number of carbonyl (C=O) groups excluding carboxylic acids is 3. The molecule has 0 saturated heterocycles. The van der Waals surface area contributed by atoms with Crippen molar-refractivity contribution in [3.63, 3.8) is 0 Å². The predicted octanol–water partition coefficient (Wildman–Crippen LogP) is 4.36. The first-order valence-corrected chi connectivity index (χ1v) is 12.3. The molecule has 0 spiro atoms. The standard InChI is InChI=1S/C28H32N4O5/c1-27(2,3)20-9-11-21(12-10-20)32(25(34)22-17-37-18-30-22)23(19-8-7-15-29-16-19)24(33)31-28(26(35)36-4)13-5-6-14-28/h7-12,15-18,23H,5-6,13-14H2,1-4H3,(H,31,33). The van der Waals surface area contributed by atoms with Crippen molar-refractivity contribution in [2.75, 3.05) is 12.0 Å². The van der Waals surface area contributed by atoms with Gasteiger partial charge in [0.2, 0.25) is 5.91 Å². The highest BCUT2D eigenvalue weighted by Gasteiger charge is 2.46. The van der Waals surface area contributed by atoms with Gasteiger partial charge >= 0.3 is 5.97 Å². The number of anilines is 1. The molecule has 9 nitrogen and oxygen atoms in total. The first-order valence-electron chi connectivity index (χ1n) is 12.3. The number of carbonyl (C=O) groups is 3. The van der Waals surface area contributed by atoms with Gasteiger partial charge in [-0.25, -0.2) is 9.78 Å². The van der Waals surface area contributed by atoms with Gasteiger partial charge in [0.1, 0.15) is 17.8 Å². The number of benzene rings is 1. The summed E-state index contributed by atoms with van der Waals surface area (Å²) in [4.78, 5) is 50.2. The summed E-state index contributed by atoms with van der Waals surface area (Å²) in [5.74, 6) is -1.54. The highest BCUT2D eigenvalue weighted by atomic mass is 16.5. The van der Waals surface area contributed by atoms with Gasteiger partial charge in [0.25, 0.3) is 5.91 Å². The van der Waals surface area contributed by atoms with Crippen LogP contribution >= 0.6 is 0 Å². The van der Waals surface area contributed by atoms with Crippen LogP contribution in [-0.4, -0.2) is 40.4 Å². The zero-order valence-corrected chi connectivity index (χ0v) is 21.6. The Labute approximate surface area is 216 Å². The predicted molar refractivity (Wildman–Crippen MR) is 137 cm³/mol. The zero-order chi connectivity index (χ0) is 26.6. The number of hydrogen-bond donors (Lipinski definition) is 1. The molecule has 4 rings (SSSR count). The molecule has 9 heteroatoms. The minimum Gasteiger partial charge on any atom is -0.467 e. The molecule has 0 radical (unpaired) electrons. The van der Waals surface area contributed by atoms with Gasteiger partial charge in [0.15, 0.2) is 12.1 Å². The van der Waals surface area contributed by atoms with Gasteiger partial charge in [0, 0.05) is 23.6 Å². The van der Waals surface area contributed by atoms with E-state index in [9.17, 15) is 14.4 Å². The van der Waals surface area contributed by atoms with E-state index >= 15 is 0 Å². The molecule has 0 aliphatic heterocycles. The van der Waals surface area contributed by atoms with Crippen molar-refractivity contribution in [3.8, 4) is 0 Å². The molecule has 2 aromatic heterocycles.